The van der Waals surface area contributed by atoms with Crippen LogP contribution < -0.4 is 5.73 Å². The Labute approximate surface area is 105 Å². The number of thioether (sulfide) groups is 1. The van der Waals surface area contributed by atoms with Gasteiger partial charge in [-0.1, -0.05) is 12.1 Å². The summed E-state index contributed by atoms with van der Waals surface area (Å²) in [5, 5.41) is 0. The lowest BCUT2D eigenvalue weighted by Gasteiger charge is -2.13. The number of nitrogens with zero attached hydrogens (tertiary/aromatic N) is 1. The maximum atomic E-state index is 11.8. The number of likely N-dealkylation sites (N-methyl/N-ethyl adjacent to an activating group) is 1. The van der Waals surface area contributed by atoms with Crippen molar-refractivity contribution in [2.75, 3.05) is 26.4 Å². The first kappa shape index (κ1) is 13.7. The van der Waals surface area contributed by atoms with E-state index in [1.54, 1.807) is 35.8 Å². The van der Waals surface area contributed by atoms with Gasteiger partial charge in [-0.2, -0.15) is 0 Å². The molecule has 0 atom stereocenters. The number of hydrogen-bond acceptors (Lipinski definition) is 4. The summed E-state index contributed by atoms with van der Waals surface area (Å²) in [7, 11) is 1.69. The molecule has 1 amide bonds. The molecule has 0 fully saturated rings. The van der Waals surface area contributed by atoms with Crippen molar-refractivity contribution in [1.29, 1.82) is 0 Å². The van der Waals surface area contributed by atoms with Crippen LogP contribution in [0.1, 0.15) is 10.4 Å². The fourth-order valence-corrected chi connectivity index (χ4v) is 1.84. The molecule has 0 spiro atoms. The number of amides is 1. The smallest absolute Gasteiger partial charge is 0.231 e. The van der Waals surface area contributed by atoms with E-state index in [9.17, 15) is 9.59 Å². The number of carbonyl (C=O) groups is 2. The Hall–Kier alpha value is -1.33. The summed E-state index contributed by atoms with van der Waals surface area (Å²) in [5.74, 6) is -0.445. The first-order valence-corrected chi connectivity index (χ1v) is 6.39. The Morgan fingerprint density at radius 2 is 1.82 bits per heavy atom. The zero-order valence-electron chi connectivity index (χ0n) is 9.97. The van der Waals surface area contributed by atoms with Crippen molar-refractivity contribution in [2.45, 2.75) is 4.90 Å². The van der Waals surface area contributed by atoms with Crippen LogP contribution in [-0.4, -0.2) is 43.0 Å². The Morgan fingerprint density at radius 1 is 1.24 bits per heavy atom. The number of carbonyl (C=O) groups excluding carboxylic acids is 2. The van der Waals surface area contributed by atoms with Gasteiger partial charge in [-0.05, 0) is 25.4 Å². The molecule has 1 aromatic rings. The highest BCUT2D eigenvalue weighted by molar-refractivity contribution is 7.98. The average Bonchev–Trinajstić information content (AvgIpc) is 2.28. The summed E-state index contributed by atoms with van der Waals surface area (Å²) < 4.78 is 0. The van der Waals surface area contributed by atoms with Crippen molar-refractivity contribution in [2.24, 2.45) is 5.73 Å². The number of benzene rings is 1. The molecule has 17 heavy (non-hydrogen) atoms. The summed E-state index contributed by atoms with van der Waals surface area (Å²) in [6, 6.07) is 7.41. The van der Waals surface area contributed by atoms with Crippen LogP contribution in [-0.2, 0) is 4.79 Å². The van der Waals surface area contributed by atoms with E-state index >= 15 is 0 Å². The predicted molar refractivity (Wildman–Crippen MR) is 69.2 cm³/mol. The van der Waals surface area contributed by atoms with E-state index in [0.717, 1.165) is 4.90 Å². The van der Waals surface area contributed by atoms with Gasteiger partial charge < -0.3 is 5.73 Å². The van der Waals surface area contributed by atoms with E-state index in [-0.39, 0.29) is 18.9 Å². The first-order valence-electron chi connectivity index (χ1n) is 5.17. The molecule has 0 unspecified atom stereocenters. The number of ketones is 1. The van der Waals surface area contributed by atoms with Gasteiger partial charge in [0.05, 0.1) is 13.1 Å². The molecule has 0 aliphatic carbocycles. The van der Waals surface area contributed by atoms with Crippen LogP contribution in [0.25, 0.3) is 0 Å². The third-order valence-electron chi connectivity index (χ3n) is 2.25. The highest BCUT2D eigenvalue weighted by Gasteiger charge is 2.10. The molecule has 2 N–H and O–H groups in total. The van der Waals surface area contributed by atoms with Gasteiger partial charge >= 0.3 is 0 Å². The molecule has 0 aliphatic rings. The van der Waals surface area contributed by atoms with Crippen molar-refractivity contribution in [3.63, 3.8) is 0 Å². The monoisotopic (exact) mass is 252 g/mol. The van der Waals surface area contributed by atoms with Gasteiger partial charge in [-0.25, -0.2) is 0 Å². The third kappa shape index (κ3) is 4.58. The Balaban J connectivity index is 2.60. The molecule has 1 rings (SSSR count). The van der Waals surface area contributed by atoms with Crippen molar-refractivity contribution in [3.05, 3.63) is 29.8 Å². The summed E-state index contributed by atoms with van der Waals surface area (Å²) in [5.41, 5.74) is 5.70. The minimum absolute atomic E-state index is 0.0126. The Morgan fingerprint density at radius 3 is 2.29 bits per heavy atom. The minimum Gasteiger partial charge on any atom is -0.369 e. The standard InChI is InChI=1S/C12H16N2O2S/c1-14(8-12(13)16)7-11(15)9-3-5-10(17-2)6-4-9/h3-6H,7-8H2,1-2H3,(H2,13,16). The SMILES string of the molecule is CSc1ccc(C(=O)CN(C)CC(N)=O)cc1. The van der Waals surface area contributed by atoms with Gasteiger partial charge in [-0.15, -0.1) is 11.8 Å². The highest BCUT2D eigenvalue weighted by atomic mass is 32.2. The lowest BCUT2D eigenvalue weighted by molar-refractivity contribution is -0.118. The quantitative estimate of drug-likeness (QED) is 0.606. The summed E-state index contributed by atoms with van der Waals surface area (Å²) >= 11 is 1.63. The van der Waals surface area contributed by atoms with Crippen LogP contribution in [0.3, 0.4) is 0 Å². The molecule has 1 aromatic carbocycles. The van der Waals surface area contributed by atoms with Crippen LogP contribution in [0.4, 0.5) is 0 Å². The second-order valence-corrected chi connectivity index (χ2v) is 4.67. The number of primary amides is 1. The van der Waals surface area contributed by atoms with Gasteiger partial charge in [0.15, 0.2) is 5.78 Å². The van der Waals surface area contributed by atoms with Crippen molar-refractivity contribution < 1.29 is 9.59 Å². The lowest BCUT2D eigenvalue weighted by atomic mass is 10.1. The molecule has 5 heteroatoms. The summed E-state index contributed by atoms with van der Waals surface area (Å²) in [4.78, 5) is 25.2. The average molecular weight is 252 g/mol. The molecule has 4 nitrogen and oxygen atoms in total. The van der Waals surface area contributed by atoms with Crippen LogP contribution in [0, 0.1) is 0 Å². The van der Waals surface area contributed by atoms with Gasteiger partial charge in [0.25, 0.3) is 0 Å². The normalized spacial score (nSPS) is 10.5. The molecular weight excluding hydrogens is 236 g/mol. The van der Waals surface area contributed by atoms with Gasteiger partial charge in [-0.3, -0.25) is 14.5 Å². The van der Waals surface area contributed by atoms with Gasteiger partial charge in [0.1, 0.15) is 0 Å². The van der Waals surface area contributed by atoms with Crippen LogP contribution in [0.5, 0.6) is 0 Å². The number of rotatable bonds is 6. The number of Topliss-reactive ketones (excluding diaryl/α,β-unsaturated/α-hetero) is 1. The van der Waals surface area contributed by atoms with Crippen LogP contribution in [0.2, 0.25) is 0 Å². The zero-order chi connectivity index (χ0) is 12.8. The van der Waals surface area contributed by atoms with Gasteiger partial charge in [0.2, 0.25) is 5.91 Å². The molecule has 0 bridgehead atoms. The second-order valence-electron chi connectivity index (χ2n) is 3.79. The zero-order valence-corrected chi connectivity index (χ0v) is 10.8. The molecule has 0 aromatic heterocycles. The maximum absolute atomic E-state index is 11.8. The molecule has 0 aliphatic heterocycles. The number of nitrogens with two attached hydrogens (primary N) is 1. The van der Waals surface area contributed by atoms with E-state index in [1.165, 1.54) is 0 Å². The van der Waals surface area contributed by atoms with Crippen LogP contribution in [0.15, 0.2) is 29.2 Å². The topological polar surface area (TPSA) is 63.4 Å². The fraction of sp³-hybridized carbons (Fsp3) is 0.333. The third-order valence-corrected chi connectivity index (χ3v) is 2.99. The van der Waals surface area contributed by atoms with Crippen molar-refractivity contribution >= 4 is 23.5 Å². The Kier molecular flexibility index (Phi) is 5.18. The number of hydrogen-bond donors (Lipinski definition) is 1. The molecule has 0 saturated carbocycles. The Bertz CT molecular complexity index is 403. The van der Waals surface area contributed by atoms with E-state index in [0.29, 0.717) is 5.56 Å². The minimum atomic E-state index is -0.432. The van der Waals surface area contributed by atoms with E-state index in [1.807, 2.05) is 18.4 Å². The first-order chi connectivity index (χ1) is 8.02. The summed E-state index contributed by atoms with van der Waals surface area (Å²) in [6.07, 6.45) is 1.98. The van der Waals surface area contributed by atoms with Crippen molar-refractivity contribution in [3.8, 4) is 0 Å². The maximum Gasteiger partial charge on any atom is 0.231 e. The van der Waals surface area contributed by atoms with E-state index in [2.05, 4.69) is 0 Å². The van der Waals surface area contributed by atoms with E-state index < -0.39 is 5.91 Å². The lowest BCUT2D eigenvalue weighted by Crippen LogP contribution is -2.34. The molecule has 0 radical (unpaired) electrons. The highest BCUT2D eigenvalue weighted by Crippen LogP contribution is 2.15. The molecule has 0 heterocycles. The second kappa shape index (κ2) is 6.42. The molecule has 0 saturated heterocycles. The fourth-order valence-electron chi connectivity index (χ4n) is 1.44. The molecule has 92 valence electrons. The van der Waals surface area contributed by atoms with E-state index in [4.69, 9.17) is 5.73 Å². The van der Waals surface area contributed by atoms with Crippen molar-refractivity contribution in [1.82, 2.24) is 4.90 Å². The largest absolute Gasteiger partial charge is 0.369 e. The summed E-state index contributed by atoms with van der Waals surface area (Å²) in [6.45, 7) is 0.288. The van der Waals surface area contributed by atoms with Gasteiger partial charge in [0, 0.05) is 10.5 Å². The van der Waals surface area contributed by atoms with Crippen LogP contribution >= 0.6 is 11.8 Å². The molecular formula is C12H16N2O2S. The predicted octanol–water partition coefficient (Wildman–Crippen LogP) is 1.01.